The quantitative estimate of drug-likeness (QED) is 0.467. The second-order valence-corrected chi connectivity index (χ2v) is 3.39. The molecule has 0 amide bonds. The number of pyridine rings is 1. The van der Waals surface area contributed by atoms with Gasteiger partial charge in [0.25, 0.3) is 0 Å². The molecule has 3 nitrogen and oxygen atoms in total. The van der Waals surface area contributed by atoms with Crippen molar-refractivity contribution >= 4 is 35.2 Å². The molecule has 0 spiro atoms. The SMILES string of the molecule is CCOC(=O)/C=C/c1cnc(Cl)c(Cl)c1. The van der Waals surface area contributed by atoms with Gasteiger partial charge in [0, 0.05) is 12.3 Å². The van der Waals surface area contributed by atoms with Gasteiger partial charge in [0.2, 0.25) is 0 Å². The van der Waals surface area contributed by atoms with Gasteiger partial charge in [-0.1, -0.05) is 23.2 Å². The van der Waals surface area contributed by atoms with Crippen molar-refractivity contribution in [3.63, 3.8) is 0 Å². The predicted octanol–water partition coefficient (Wildman–Crippen LogP) is 2.96. The lowest BCUT2D eigenvalue weighted by atomic mass is 10.2. The van der Waals surface area contributed by atoms with Crippen molar-refractivity contribution in [3.05, 3.63) is 34.1 Å². The molecule has 0 saturated heterocycles. The maximum Gasteiger partial charge on any atom is 0.330 e. The molecule has 0 bridgehead atoms. The van der Waals surface area contributed by atoms with E-state index < -0.39 is 5.97 Å². The Morgan fingerprint density at radius 2 is 2.33 bits per heavy atom. The smallest absolute Gasteiger partial charge is 0.330 e. The number of nitrogens with zero attached hydrogens (tertiary/aromatic N) is 1. The van der Waals surface area contributed by atoms with Crippen molar-refractivity contribution in [1.82, 2.24) is 4.98 Å². The van der Waals surface area contributed by atoms with Crippen molar-refractivity contribution in [2.45, 2.75) is 6.92 Å². The number of hydrogen-bond donors (Lipinski definition) is 0. The van der Waals surface area contributed by atoms with Crippen LogP contribution in [0.5, 0.6) is 0 Å². The molecule has 5 heteroatoms. The van der Waals surface area contributed by atoms with Gasteiger partial charge < -0.3 is 4.74 Å². The topological polar surface area (TPSA) is 39.2 Å². The summed E-state index contributed by atoms with van der Waals surface area (Å²) in [7, 11) is 0. The Bertz CT molecular complexity index is 391. The molecule has 0 atom stereocenters. The molecule has 0 aliphatic heterocycles. The molecular formula is C10H9Cl2NO2. The molecule has 0 saturated carbocycles. The lowest BCUT2D eigenvalue weighted by molar-refractivity contribution is -0.137. The van der Waals surface area contributed by atoms with Crippen LogP contribution in [0, 0.1) is 0 Å². The van der Waals surface area contributed by atoms with E-state index in [-0.39, 0.29) is 5.15 Å². The van der Waals surface area contributed by atoms with Gasteiger partial charge in [-0.25, -0.2) is 9.78 Å². The largest absolute Gasteiger partial charge is 0.463 e. The second-order valence-electron chi connectivity index (χ2n) is 2.63. The lowest BCUT2D eigenvalue weighted by Crippen LogP contribution is -1.98. The number of halogens is 2. The summed E-state index contributed by atoms with van der Waals surface area (Å²) in [5.41, 5.74) is 0.692. The van der Waals surface area contributed by atoms with E-state index in [4.69, 9.17) is 27.9 Å². The molecule has 0 aliphatic carbocycles. The highest BCUT2D eigenvalue weighted by molar-refractivity contribution is 6.41. The van der Waals surface area contributed by atoms with Gasteiger partial charge in [-0.15, -0.1) is 0 Å². The van der Waals surface area contributed by atoms with Gasteiger partial charge in [-0.2, -0.15) is 0 Å². The standard InChI is InChI=1S/C10H9Cl2NO2/c1-2-15-9(14)4-3-7-5-8(11)10(12)13-6-7/h3-6H,2H2,1H3/b4-3+. The van der Waals surface area contributed by atoms with E-state index in [1.165, 1.54) is 12.3 Å². The van der Waals surface area contributed by atoms with Crippen LogP contribution in [-0.4, -0.2) is 17.6 Å². The minimum Gasteiger partial charge on any atom is -0.463 e. The van der Waals surface area contributed by atoms with E-state index in [2.05, 4.69) is 4.98 Å². The van der Waals surface area contributed by atoms with E-state index in [9.17, 15) is 4.79 Å². The maximum absolute atomic E-state index is 11.0. The normalized spacial score (nSPS) is 10.6. The molecule has 1 heterocycles. The van der Waals surface area contributed by atoms with Crippen molar-refractivity contribution < 1.29 is 9.53 Å². The fraction of sp³-hybridized carbons (Fsp3) is 0.200. The summed E-state index contributed by atoms with van der Waals surface area (Å²) < 4.78 is 4.71. The molecule has 1 aromatic heterocycles. The minimum atomic E-state index is -0.399. The van der Waals surface area contributed by atoms with E-state index in [1.54, 1.807) is 19.1 Å². The summed E-state index contributed by atoms with van der Waals surface area (Å²) in [6.07, 6.45) is 4.39. The van der Waals surface area contributed by atoms with Gasteiger partial charge in [0.15, 0.2) is 0 Å². The van der Waals surface area contributed by atoms with Gasteiger partial charge in [0.1, 0.15) is 5.15 Å². The van der Waals surface area contributed by atoms with Crippen LogP contribution < -0.4 is 0 Å². The fourth-order valence-electron chi connectivity index (χ4n) is 0.882. The van der Waals surface area contributed by atoms with Gasteiger partial charge >= 0.3 is 5.97 Å². The third kappa shape index (κ3) is 3.90. The molecule has 80 valence electrons. The van der Waals surface area contributed by atoms with E-state index >= 15 is 0 Å². The highest BCUT2D eigenvalue weighted by Crippen LogP contribution is 2.20. The average molecular weight is 246 g/mol. The number of hydrogen-bond acceptors (Lipinski definition) is 3. The van der Waals surface area contributed by atoms with Gasteiger partial charge in [-0.3, -0.25) is 0 Å². The summed E-state index contributed by atoms with van der Waals surface area (Å²) >= 11 is 11.4. The Morgan fingerprint density at radius 1 is 1.60 bits per heavy atom. The van der Waals surface area contributed by atoms with Crippen LogP contribution >= 0.6 is 23.2 Å². The first-order valence-corrected chi connectivity index (χ1v) is 5.05. The first kappa shape index (κ1) is 12.0. The predicted molar refractivity (Wildman–Crippen MR) is 59.9 cm³/mol. The molecule has 15 heavy (non-hydrogen) atoms. The van der Waals surface area contributed by atoms with Crippen LogP contribution in [0.3, 0.4) is 0 Å². The minimum absolute atomic E-state index is 0.241. The highest BCUT2D eigenvalue weighted by atomic mass is 35.5. The Balaban J connectivity index is 2.72. The number of aromatic nitrogens is 1. The zero-order valence-corrected chi connectivity index (χ0v) is 9.55. The van der Waals surface area contributed by atoms with Crippen molar-refractivity contribution in [2.24, 2.45) is 0 Å². The fourth-order valence-corrected chi connectivity index (χ4v) is 1.16. The molecule has 1 rings (SSSR count). The first-order chi connectivity index (χ1) is 7.13. The third-order valence-electron chi connectivity index (χ3n) is 1.52. The van der Waals surface area contributed by atoms with Crippen molar-refractivity contribution in [2.75, 3.05) is 6.61 Å². The molecular weight excluding hydrogens is 237 g/mol. The van der Waals surface area contributed by atoms with Crippen LogP contribution in [0.15, 0.2) is 18.3 Å². The zero-order chi connectivity index (χ0) is 11.3. The van der Waals surface area contributed by atoms with Crippen LogP contribution in [0.4, 0.5) is 0 Å². The Labute approximate surface area is 97.7 Å². The van der Waals surface area contributed by atoms with E-state index in [0.29, 0.717) is 17.2 Å². The monoisotopic (exact) mass is 245 g/mol. The van der Waals surface area contributed by atoms with Crippen molar-refractivity contribution in [3.8, 4) is 0 Å². The highest BCUT2D eigenvalue weighted by Gasteiger charge is 1.99. The van der Waals surface area contributed by atoms with E-state index in [0.717, 1.165) is 0 Å². The number of carbonyl (C=O) groups excluding carboxylic acids is 1. The summed E-state index contributed by atoms with van der Waals surface area (Å²) in [6, 6.07) is 1.62. The summed E-state index contributed by atoms with van der Waals surface area (Å²) in [6.45, 7) is 2.09. The third-order valence-corrected chi connectivity index (χ3v) is 2.20. The maximum atomic E-state index is 11.0. The Hall–Kier alpha value is -1.06. The van der Waals surface area contributed by atoms with Crippen molar-refractivity contribution in [1.29, 1.82) is 0 Å². The first-order valence-electron chi connectivity index (χ1n) is 4.29. The summed E-state index contributed by atoms with van der Waals surface area (Å²) in [5, 5.41) is 0.590. The summed E-state index contributed by atoms with van der Waals surface area (Å²) in [5.74, 6) is -0.399. The van der Waals surface area contributed by atoms with Gasteiger partial charge in [-0.05, 0) is 24.6 Å². The van der Waals surface area contributed by atoms with Crippen LogP contribution in [0.2, 0.25) is 10.2 Å². The lowest BCUT2D eigenvalue weighted by Gasteiger charge is -1.97. The van der Waals surface area contributed by atoms with Crippen LogP contribution in [0.1, 0.15) is 12.5 Å². The number of ether oxygens (including phenoxy) is 1. The Kier molecular flexibility index (Phi) is 4.59. The van der Waals surface area contributed by atoms with Crippen LogP contribution in [-0.2, 0) is 9.53 Å². The Morgan fingerprint density at radius 3 is 2.93 bits per heavy atom. The molecule has 0 aliphatic rings. The number of rotatable bonds is 3. The molecule has 0 N–H and O–H groups in total. The molecule has 1 aromatic rings. The average Bonchev–Trinajstić information content (AvgIpc) is 2.20. The number of esters is 1. The second kappa shape index (κ2) is 5.73. The van der Waals surface area contributed by atoms with E-state index in [1.807, 2.05) is 0 Å². The van der Waals surface area contributed by atoms with Crippen LogP contribution in [0.25, 0.3) is 6.08 Å². The molecule has 0 aromatic carbocycles. The summed E-state index contributed by atoms with van der Waals surface area (Å²) in [4.78, 5) is 14.8. The van der Waals surface area contributed by atoms with Gasteiger partial charge in [0.05, 0.1) is 11.6 Å². The zero-order valence-electron chi connectivity index (χ0n) is 8.04. The molecule has 0 radical (unpaired) electrons. The molecule has 0 unspecified atom stereocenters. The molecule has 0 fully saturated rings. The number of carbonyl (C=O) groups is 1.